The Labute approximate surface area is 324 Å². The number of rotatable bonds is 5. The number of ether oxygens (including phenoxy) is 1. The Morgan fingerprint density at radius 3 is 2.07 bits per heavy atom. The number of imide groups is 1. The molecule has 10 rings (SSSR count). The highest BCUT2D eigenvalue weighted by Crippen LogP contribution is 2.64. The van der Waals surface area contributed by atoms with Crippen molar-refractivity contribution in [2.24, 2.45) is 23.7 Å². The Morgan fingerprint density at radius 1 is 0.679 bits per heavy atom. The lowest BCUT2D eigenvalue weighted by molar-refractivity contribution is -0.134. The molecule has 8 heteroatoms. The fraction of sp³-hybridized carbons (Fsp3) is 0.250. The first-order chi connectivity index (χ1) is 27.4. The largest absolute Gasteiger partial charge is 0.507 e. The number of phenolic OH excluding ortho intramolecular Hbond substituents is 1. The second-order valence-corrected chi connectivity index (χ2v) is 15.6. The van der Waals surface area contributed by atoms with Gasteiger partial charge in [0, 0.05) is 41.6 Å². The summed E-state index contributed by atoms with van der Waals surface area (Å²) in [4.78, 5) is 63.6. The van der Waals surface area contributed by atoms with Gasteiger partial charge in [0.15, 0.2) is 11.6 Å². The SMILES string of the molecule is O=C1C(c2ccccc2)=CC(=O)[C@@]2(c3ccccc3)[C@@H](c3ccc(O)c4ccccc34)C3=CC[C@@H]4C(=O)N(c5ccc(N6CCOCC6)cc5)C(=O)[C@@H]4[C@@H]3C[C@@H]12. The number of benzene rings is 5. The molecule has 3 fully saturated rings. The quantitative estimate of drug-likeness (QED) is 0.148. The molecule has 2 amide bonds. The number of hydrogen-bond acceptors (Lipinski definition) is 7. The van der Waals surface area contributed by atoms with Crippen LogP contribution in [-0.2, 0) is 29.3 Å². The molecule has 5 aromatic rings. The molecule has 2 aliphatic heterocycles. The van der Waals surface area contributed by atoms with Crippen LogP contribution in [-0.4, -0.2) is 54.8 Å². The second-order valence-electron chi connectivity index (χ2n) is 15.6. The summed E-state index contributed by atoms with van der Waals surface area (Å²) in [5.74, 6) is -4.05. The molecule has 0 spiro atoms. The Bertz CT molecular complexity index is 2490. The minimum Gasteiger partial charge on any atom is -0.507 e. The molecule has 0 aromatic heterocycles. The zero-order valence-electron chi connectivity index (χ0n) is 30.7. The molecule has 1 saturated carbocycles. The average Bonchev–Trinajstić information content (AvgIpc) is 3.51. The molecule has 0 bridgehead atoms. The van der Waals surface area contributed by atoms with Crippen LogP contribution in [0.25, 0.3) is 16.3 Å². The number of hydrogen-bond donors (Lipinski definition) is 1. The van der Waals surface area contributed by atoms with E-state index in [2.05, 4.69) is 11.0 Å². The molecule has 2 saturated heterocycles. The zero-order chi connectivity index (χ0) is 38.1. The summed E-state index contributed by atoms with van der Waals surface area (Å²) in [5, 5.41) is 12.5. The van der Waals surface area contributed by atoms with E-state index in [4.69, 9.17) is 4.74 Å². The van der Waals surface area contributed by atoms with E-state index in [1.807, 2.05) is 115 Å². The Hall–Kier alpha value is -6.12. The molecule has 1 N–H and O–H groups in total. The molecule has 56 heavy (non-hydrogen) atoms. The van der Waals surface area contributed by atoms with Gasteiger partial charge in [-0.15, -0.1) is 0 Å². The number of phenols is 1. The van der Waals surface area contributed by atoms with Crippen LogP contribution in [0.15, 0.2) is 139 Å². The van der Waals surface area contributed by atoms with E-state index in [1.54, 1.807) is 6.07 Å². The number of anilines is 2. The maximum absolute atomic E-state index is 15.4. The van der Waals surface area contributed by atoms with Crippen LogP contribution in [0.3, 0.4) is 0 Å². The number of amides is 2. The monoisotopic (exact) mass is 740 g/mol. The van der Waals surface area contributed by atoms with E-state index < -0.39 is 35.0 Å². The minimum absolute atomic E-state index is 0.115. The highest BCUT2D eigenvalue weighted by Gasteiger charge is 2.66. The van der Waals surface area contributed by atoms with E-state index in [9.17, 15) is 14.7 Å². The first kappa shape index (κ1) is 34.4. The summed E-state index contributed by atoms with van der Waals surface area (Å²) in [5.41, 5.74) is 3.63. The molecule has 278 valence electrons. The van der Waals surface area contributed by atoms with Gasteiger partial charge in [0.25, 0.3) is 0 Å². The minimum atomic E-state index is -1.35. The van der Waals surface area contributed by atoms with E-state index in [0.29, 0.717) is 41.8 Å². The first-order valence-electron chi connectivity index (χ1n) is 19.5. The fourth-order valence-electron chi connectivity index (χ4n) is 10.7. The summed E-state index contributed by atoms with van der Waals surface area (Å²) >= 11 is 0. The Kier molecular flexibility index (Phi) is 8.15. The van der Waals surface area contributed by atoms with E-state index in [1.165, 1.54) is 11.0 Å². The van der Waals surface area contributed by atoms with E-state index >= 15 is 9.59 Å². The van der Waals surface area contributed by atoms with Crippen LogP contribution in [0.1, 0.15) is 35.4 Å². The lowest BCUT2D eigenvalue weighted by Crippen LogP contribution is -2.58. The van der Waals surface area contributed by atoms with Crippen LogP contribution in [0.4, 0.5) is 11.4 Å². The third-order valence-corrected chi connectivity index (χ3v) is 13.1. The molecular formula is C48H40N2O6. The van der Waals surface area contributed by atoms with Gasteiger partial charge >= 0.3 is 0 Å². The number of allylic oxidation sites excluding steroid dienone is 4. The molecule has 2 heterocycles. The number of Topliss-reactive ketones (excluding diaryl/α,β-unsaturated/α-hetero) is 1. The molecule has 5 aromatic carbocycles. The highest BCUT2D eigenvalue weighted by molar-refractivity contribution is 6.32. The topological polar surface area (TPSA) is 104 Å². The predicted octanol–water partition coefficient (Wildman–Crippen LogP) is 7.41. The van der Waals surface area contributed by atoms with Crippen molar-refractivity contribution in [3.63, 3.8) is 0 Å². The predicted molar refractivity (Wildman–Crippen MR) is 214 cm³/mol. The lowest BCUT2D eigenvalue weighted by Gasteiger charge is -2.55. The maximum atomic E-state index is 15.4. The van der Waals surface area contributed by atoms with Gasteiger partial charge in [-0.2, -0.15) is 0 Å². The number of aromatic hydroxyl groups is 1. The van der Waals surface area contributed by atoms with Crippen LogP contribution >= 0.6 is 0 Å². The number of fused-ring (bicyclic) bond motifs is 5. The van der Waals surface area contributed by atoms with Crippen molar-refractivity contribution in [2.75, 3.05) is 36.1 Å². The third-order valence-electron chi connectivity index (χ3n) is 13.1. The number of carbonyl (C=O) groups excluding carboxylic acids is 4. The van der Waals surface area contributed by atoms with Gasteiger partial charge in [-0.05, 0) is 77.2 Å². The van der Waals surface area contributed by atoms with Crippen LogP contribution in [0.2, 0.25) is 0 Å². The Balaban J connectivity index is 1.15. The number of carbonyl (C=O) groups is 4. The summed E-state index contributed by atoms with van der Waals surface area (Å²) < 4.78 is 5.52. The van der Waals surface area contributed by atoms with Crippen LogP contribution in [0, 0.1) is 23.7 Å². The maximum Gasteiger partial charge on any atom is 0.238 e. The van der Waals surface area contributed by atoms with Crippen molar-refractivity contribution < 1.29 is 29.0 Å². The van der Waals surface area contributed by atoms with E-state index in [-0.39, 0.29) is 35.6 Å². The van der Waals surface area contributed by atoms with Gasteiger partial charge in [-0.25, -0.2) is 0 Å². The van der Waals surface area contributed by atoms with Gasteiger partial charge < -0.3 is 14.7 Å². The van der Waals surface area contributed by atoms with Crippen molar-refractivity contribution in [1.29, 1.82) is 0 Å². The molecule has 3 aliphatic carbocycles. The number of ketones is 2. The second kappa shape index (κ2) is 13.3. The normalized spacial score (nSPS) is 27.4. The van der Waals surface area contributed by atoms with E-state index in [0.717, 1.165) is 40.9 Å². The van der Waals surface area contributed by atoms with Crippen LogP contribution in [0.5, 0.6) is 5.75 Å². The number of morpholine rings is 1. The van der Waals surface area contributed by atoms with Gasteiger partial charge in [-0.1, -0.05) is 103 Å². The van der Waals surface area contributed by atoms with Gasteiger partial charge in [0.2, 0.25) is 11.8 Å². The van der Waals surface area contributed by atoms with Crippen molar-refractivity contribution in [3.8, 4) is 5.75 Å². The molecule has 0 unspecified atom stereocenters. The van der Waals surface area contributed by atoms with Gasteiger partial charge in [0.1, 0.15) is 5.75 Å². The third kappa shape index (κ3) is 5.01. The number of nitrogens with zero attached hydrogens (tertiary/aromatic N) is 2. The molecule has 8 nitrogen and oxygen atoms in total. The van der Waals surface area contributed by atoms with Gasteiger partial charge in [-0.3, -0.25) is 24.1 Å². The Morgan fingerprint density at radius 2 is 1.34 bits per heavy atom. The fourth-order valence-corrected chi connectivity index (χ4v) is 10.7. The molecule has 6 atom stereocenters. The summed E-state index contributed by atoms with van der Waals surface area (Å²) in [6.07, 6.45) is 4.18. The smallest absolute Gasteiger partial charge is 0.238 e. The summed E-state index contributed by atoms with van der Waals surface area (Å²) in [7, 11) is 0. The molecular weight excluding hydrogens is 701 g/mol. The van der Waals surface area contributed by atoms with Crippen molar-refractivity contribution in [1.82, 2.24) is 0 Å². The average molecular weight is 741 g/mol. The van der Waals surface area contributed by atoms with Crippen LogP contribution < -0.4 is 9.80 Å². The molecule has 0 radical (unpaired) electrons. The summed E-state index contributed by atoms with van der Waals surface area (Å²) in [6, 6.07) is 37.6. The zero-order valence-corrected chi connectivity index (χ0v) is 30.7. The molecule has 5 aliphatic rings. The van der Waals surface area contributed by atoms with Crippen molar-refractivity contribution in [2.45, 2.75) is 24.2 Å². The first-order valence-corrected chi connectivity index (χ1v) is 19.5. The highest BCUT2D eigenvalue weighted by atomic mass is 16.5. The van der Waals surface area contributed by atoms with Crippen molar-refractivity contribution in [3.05, 3.63) is 156 Å². The standard InChI is InChI=1S/C48H40N2O6/c51-41-22-21-35(33-13-7-8-14-34(33)41)44-36-19-20-37-43(47(55)50(46(37)54)32-17-15-31(16-18-32)49-23-25-56-26-24-49)39(36)27-40-45(53)38(29-9-3-1-4-10-29)28-42(52)48(40,44)30-11-5-2-6-12-30/h1-19,21-22,28,37,39-40,43-44,51H,20,23-27H2/t37-,39+,40-,43-,44-,48-/m0/s1. The van der Waals surface area contributed by atoms with Gasteiger partial charge in [0.05, 0.1) is 36.2 Å². The van der Waals surface area contributed by atoms with Crippen molar-refractivity contribution >= 4 is 51.1 Å². The lowest BCUT2D eigenvalue weighted by atomic mass is 9.44. The summed E-state index contributed by atoms with van der Waals surface area (Å²) in [6.45, 7) is 2.84.